The number of aryl methyl sites for hydroxylation is 1. The number of para-hydroxylation sites is 1. The summed E-state index contributed by atoms with van der Waals surface area (Å²) in [5.41, 5.74) is 9.54. The maximum absolute atomic E-state index is 5.71. The maximum Gasteiger partial charge on any atom is 0.134 e. The highest BCUT2D eigenvalue weighted by Gasteiger charge is 2.14. The van der Waals surface area contributed by atoms with Crippen molar-refractivity contribution in [1.29, 1.82) is 0 Å². The van der Waals surface area contributed by atoms with Crippen LogP contribution >= 0.6 is 0 Å². The smallest absolute Gasteiger partial charge is 0.134 e. The molecule has 0 aliphatic carbocycles. The first-order valence-electron chi connectivity index (χ1n) is 5.48. The van der Waals surface area contributed by atoms with Gasteiger partial charge in [-0.25, -0.2) is 4.98 Å². The molecular weight excluding hydrogens is 214 g/mol. The second kappa shape index (κ2) is 3.75. The molecule has 3 rings (SSSR count). The van der Waals surface area contributed by atoms with Gasteiger partial charge in [0.2, 0.25) is 0 Å². The van der Waals surface area contributed by atoms with Crippen LogP contribution in [-0.2, 0) is 13.6 Å². The maximum atomic E-state index is 5.71. The number of aromatic nitrogens is 2. The van der Waals surface area contributed by atoms with Crippen molar-refractivity contribution in [2.24, 2.45) is 12.8 Å². The average molecular weight is 227 g/mol. The summed E-state index contributed by atoms with van der Waals surface area (Å²) in [6, 6.07) is 7.96. The SMILES string of the molecule is Cn1cnc(CN)c1-c1coc2ccccc12. The fourth-order valence-corrected chi connectivity index (χ4v) is 2.13. The van der Waals surface area contributed by atoms with Crippen LogP contribution in [-0.4, -0.2) is 9.55 Å². The van der Waals surface area contributed by atoms with Gasteiger partial charge >= 0.3 is 0 Å². The highest BCUT2D eigenvalue weighted by molar-refractivity contribution is 5.93. The Morgan fingerprint density at radius 3 is 3.00 bits per heavy atom. The van der Waals surface area contributed by atoms with Crippen molar-refractivity contribution in [1.82, 2.24) is 9.55 Å². The van der Waals surface area contributed by atoms with Crippen LogP contribution in [0.25, 0.3) is 22.2 Å². The topological polar surface area (TPSA) is 57.0 Å². The van der Waals surface area contributed by atoms with Crippen molar-refractivity contribution >= 4 is 11.0 Å². The third-order valence-corrected chi connectivity index (χ3v) is 2.94. The van der Waals surface area contributed by atoms with Crippen molar-refractivity contribution in [3.8, 4) is 11.3 Å². The fourth-order valence-electron chi connectivity index (χ4n) is 2.13. The van der Waals surface area contributed by atoms with E-state index in [1.165, 1.54) is 0 Å². The minimum Gasteiger partial charge on any atom is -0.464 e. The molecule has 0 spiro atoms. The van der Waals surface area contributed by atoms with Crippen LogP contribution in [0.2, 0.25) is 0 Å². The molecule has 4 heteroatoms. The van der Waals surface area contributed by atoms with Crippen LogP contribution in [0.5, 0.6) is 0 Å². The predicted octanol–water partition coefficient (Wildman–Crippen LogP) is 2.29. The first-order chi connectivity index (χ1) is 8.31. The van der Waals surface area contributed by atoms with Crippen LogP contribution in [0.1, 0.15) is 5.69 Å². The highest BCUT2D eigenvalue weighted by atomic mass is 16.3. The van der Waals surface area contributed by atoms with E-state index in [-0.39, 0.29) is 0 Å². The Hall–Kier alpha value is -2.07. The summed E-state index contributed by atoms with van der Waals surface area (Å²) in [6.07, 6.45) is 3.54. The summed E-state index contributed by atoms with van der Waals surface area (Å²) in [5.74, 6) is 0. The van der Waals surface area contributed by atoms with E-state index >= 15 is 0 Å². The van der Waals surface area contributed by atoms with Crippen LogP contribution < -0.4 is 5.73 Å². The number of benzene rings is 1. The van der Waals surface area contributed by atoms with Crippen molar-refractivity contribution < 1.29 is 4.42 Å². The van der Waals surface area contributed by atoms with Gasteiger partial charge in [0.15, 0.2) is 0 Å². The minimum atomic E-state index is 0.426. The van der Waals surface area contributed by atoms with Gasteiger partial charge in [0.25, 0.3) is 0 Å². The summed E-state index contributed by atoms with van der Waals surface area (Å²) in [4.78, 5) is 4.29. The molecule has 2 N–H and O–H groups in total. The molecule has 2 aromatic heterocycles. The second-order valence-electron chi connectivity index (χ2n) is 4.00. The van der Waals surface area contributed by atoms with E-state index in [0.29, 0.717) is 6.54 Å². The number of nitrogens with zero attached hydrogens (tertiary/aromatic N) is 2. The number of hydrogen-bond donors (Lipinski definition) is 1. The number of imidazole rings is 1. The van der Waals surface area contributed by atoms with E-state index in [1.54, 1.807) is 12.6 Å². The molecule has 0 atom stereocenters. The van der Waals surface area contributed by atoms with Crippen LogP contribution in [0.4, 0.5) is 0 Å². The Bertz CT molecular complexity index is 666. The van der Waals surface area contributed by atoms with Crippen molar-refractivity contribution in [2.75, 3.05) is 0 Å². The van der Waals surface area contributed by atoms with Gasteiger partial charge in [-0.3, -0.25) is 0 Å². The summed E-state index contributed by atoms with van der Waals surface area (Å²) in [7, 11) is 1.96. The predicted molar refractivity (Wildman–Crippen MR) is 66.3 cm³/mol. The highest BCUT2D eigenvalue weighted by Crippen LogP contribution is 2.31. The monoisotopic (exact) mass is 227 g/mol. The summed E-state index contributed by atoms with van der Waals surface area (Å²) < 4.78 is 7.52. The molecular formula is C13H13N3O. The molecule has 17 heavy (non-hydrogen) atoms. The number of hydrogen-bond acceptors (Lipinski definition) is 3. The van der Waals surface area contributed by atoms with Gasteiger partial charge in [-0.1, -0.05) is 18.2 Å². The van der Waals surface area contributed by atoms with Gasteiger partial charge in [0.1, 0.15) is 11.8 Å². The molecule has 0 aliphatic heterocycles. The fraction of sp³-hybridized carbons (Fsp3) is 0.154. The van der Waals surface area contributed by atoms with Gasteiger partial charge < -0.3 is 14.7 Å². The molecule has 4 nitrogen and oxygen atoms in total. The molecule has 0 bridgehead atoms. The number of furan rings is 1. The Balaban J connectivity index is 2.30. The quantitative estimate of drug-likeness (QED) is 0.730. The largest absolute Gasteiger partial charge is 0.464 e. The Kier molecular flexibility index (Phi) is 2.23. The Morgan fingerprint density at radius 1 is 1.35 bits per heavy atom. The molecule has 3 aromatic rings. The van der Waals surface area contributed by atoms with Crippen LogP contribution in [0.15, 0.2) is 41.3 Å². The summed E-state index contributed by atoms with van der Waals surface area (Å²) >= 11 is 0. The zero-order valence-electron chi connectivity index (χ0n) is 9.55. The van der Waals surface area contributed by atoms with Gasteiger partial charge in [-0.2, -0.15) is 0 Å². The molecule has 0 radical (unpaired) electrons. The van der Waals surface area contributed by atoms with E-state index in [2.05, 4.69) is 4.98 Å². The third-order valence-electron chi connectivity index (χ3n) is 2.94. The van der Waals surface area contributed by atoms with E-state index in [9.17, 15) is 0 Å². The lowest BCUT2D eigenvalue weighted by Crippen LogP contribution is -2.00. The minimum absolute atomic E-state index is 0.426. The molecule has 86 valence electrons. The first kappa shape index (κ1) is 10.1. The molecule has 0 fully saturated rings. The molecule has 1 aromatic carbocycles. The molecule has 0 aliphatic rings. The van der Waals surface area contributed by atoms with Crippen molar-refractivity contribution in [3.05, 3.63) is 42.5 Å². The van der Waals surface area contributed by atoms with Crippen molar-refractivity contribution in [3.63, 3.8) is 0 Å². The number of nitrogens with two attached hydrogens (primary N) is 1. The van der Waals surface area contributed by atoms with Crippen LogP contribution in [0, 0.1) is 0 Å². The van der Waals surface area contributed by atoms with Gasteiger partial charge in [-0.15, -0.1) is 0 Å². The van der Waals surface area contributed by atoms with Gasteiger partial charge in [0.05, 0.1) is 17.7 Å². The third kappa shape index (κ3) is 1.45. The average Bonchev–Trinajstić information content (AvgIpc) is 2.92. The lowest BCUT2D eigenvalue weighted by atomic mass is 10.1. The van der Waals surface area contributed by atoms with E-state index in [4.69, 9.17) is 10.2 Å². The number of rotatable bonds is 2. The zero-order chi connectivity index (χ0) is 11.8. The normalized spacial score (nSPS) is 11.2. The van der Waals surface area contributed by atoms with E-state index in [1.807, 2.05) is 35.9 Å². The van der Waals surface area contributed by atoms with Gasteiger partial charge in [-0.05, 0) is 6.07 Å². The lowest BCUT2D eigenvalue weighted by molar-refractivity contribution is 0.616. The Labute approximate surface area is 98.7 Å². The first-order valence-corrected chi connectivity index (χ1v) is 5.48. The standard InChI is InChI=1S/C13H13N3O/c1-16-8-15-11(6-14)13(16)10-7-17-12-5-3-2-4-9(10)12/h2-5,7-8H,6,14H2,1H3. The number of fused-ring (bicyclic) bond motifs is 1. The molecule has 0 unspecified atom stereocenters. The van der Waals surface area contributed by atoms with E-state index in [0.717, 1.165) is 27.9 Å². The second-order valence-corrected chi connectivity index (χ2v) is 4.00. The van der Waals surface area contributed by atoms with Gasteiger partial charge in [0, 0.05) is 24.5 Å². The lowest BCUT2D eigenvalue weighted by Gasteiger charge is -2.02. The summed E-state index contributed by atoms with van der Waals surface area (Å²) in [5, 5.41) is 1.09. The summed E-state index contributed by atoms with van der Waals surface area (Å²) in [6.45, 7) is 0.426. The van der Waals surface area contributed by atoms with Crippen LogP contribution in [0.3, 0.4) is 0 Å². The molecule has 0 saturated heterocycles. The molecule has 0 saturated carbocycles. The van der Waals surface area contributed by atoms with Crippen molar-refractivity contribution in [2.45, 2.75) is 6.54 Å². The zero-order valence-corrected chi connectivity index (χ0v) is 9.55. The van der Waals surface area contributed by atoms with E-state index < -0.39 is 0 Å². The Morgan fingerprint density at radius 2 is 2.18 bits per heavy atom. The molecule has 2 heterocycles. The molecule has 0 amide bonds.